The zero-order chi connectivity index (χ0) is 10.4. The Bertz CT molecular complexity index is 207. The van der Waals surface area contributed by atoms with Crippen LogP contribution >= 0.6 is 0 Å². The predicted octanol–water partition coefficient (Wildman–Crippen LogP) is -0.0440. The van der Waals surface area contributed by atoms with Gasteiger partial charge in [0.15, 0.2) is 0 Å². The van der Waals surface area contributed by atoms with Crippen molar-refractivity contribution in [2.75, 3.05) is 26.2 Å². The number of piperidine rings is 1. The van der Waals surface area contributed by atoms with Gasteiger partial charge in [-0.15, -0.1) is 0 Å². The molecular weight excluding hydrogens is 186 g/mol. The second-order valence-electron chi connectivity index (χ2n) is 3.57. The fourth-order valence-electron chi connectivity index (χ4n) is 1.80. The molecule has 5 heteroatoms. The molecule has 80 valence electrons. The third kappa shape index (κ3) is 3.74. The summed E-state index contributed by atoms with van der Waals surface area (Å²) in [4.78, 5) is 22.3. The van der Waals surface area contributed by atoms with Crippen LogP contribution in [0.5, 0.6) is 0 Å². The van der Waals surface area contributed by atoms with Crippen molar-refractivity contribution in [2.45, 2.75) is 12.8 Å². The Balaban J connectivity index is 2.27. The van der Waals surface area contributed by atoms with Gasteiger partial charge in [0.1, 0.15) is 0 Å². The van der Waals surface area contributed by atoms with E-state index in [1.807, 2.05) is 4.90 Å². The van der Waals surface area contributed by atoms with Crippen molar-refractivity contribution in [2.24, 2.45) is 5.92 Å². The van der Waals surface area contributed by atoms with E-state index in [4.69, 9.17) is 5.11 Å². The summed E-state index contributed by atoms with van der Waals surface area (Å²) < 4.78 is 4.67. The third-order valence-electron chi connectivity index (χ3n) is 2.36. The third-order valence-corrected chi connectivity index (χ3v) is 2.36. The maximum atomic E-state index is 10.5. The van der Waals surface area contributed by atoms with E-state index in [1.54, 1.807) is 0 Å². The van der Waals surface area contributed by atoms with Gasteiger partial charge in [-0.2, -0.15) is 0 Å². The van der Waals surface area contributed by atoms with E-state index in [0.29, 0.717) is 19.6 Å². The van der Waals surface area contributed by atoms with E-state index in [2.05, 4.69) is 4.74 Å². The van der Waals surface area contributed by atoms with Gasteiger partial charge in [-0.3, -0.25) is 14.5 Å². The molecule has 1 atom stereocenters. The van der Waals surface area contributed by atoms with Gasteiger partial charge in [0.05, 0.1) is 13.2 Å². The van der Waals surface area contributed by atoms with Crippen molar-refractivity contribution in [3.05, 3.63) is 0 Å². The molecule has 5 nitrogen and oxygen atoms in total. The molecule has 1 fully saturated rings. The number of hydrogen-bond acceptors (Lipinski definition) is 4. The number of nitrogens with zero attached hydrogens (tertiary/aromatic N) is 1. The molecule has 0 amide bonds. The van der Waals surface area contributed by atoms with Gasteiger partial charge in [-0.1, -0.05) is 0 Å². The van der Waals surface area contributed by atoms with Gasteiger partial charge >= 0.3 is 5.97 Å². The van der Waals surface area contributed by atoms with E-state index in [-0.39, 0.29) is 12.5 Å². The fraction of sp³-hybridized carbons (Fsp3) is 0.778. The Morgan fingerprint density at radius 3 is 3.07 bits per heavy atom. The largest absolute Gasteiger partial charge is 0.480 e. The molecule has 1 heterocycles. The van der Waals surface area contributed by atoms with E-state index in [1.165, 1.54) is 0 Å². The standard InChI is InChI=1S/C9H15NO4/c11-7-14-6-8-2-1-3-10(4-8)5-9(12)13/h7-8H,1-6H2,(H,12,13). The van der Waals surface area contributed by atoms with E-state index >= 15 is 0 Å². The van der Waals surface area contributed by atoms with Gasteiger partial charge in [0, 0.05) is 12.5 Å². The van der Waals surface area contributed by atoms with Crippen molar-refractivity contribution in [3.63, 3.8) is 0 Å². The van der Waals surface area contributed by atoms with Gasteiger partial charge in [-0.25, -0.2) is 0 Å². The number of carbonyl (C=O) groups excluding carboxylic acids is 1. The Labute approximate surface area is 82.6 Å². The van der Waals surface area contributed by atoms with Crippen LogP contribution < -0.4 is 0 Å². The first-order valence-corrected chi connectivity index (χ1v) is 4.71. The Kier molecular flexibility index (Phi) is 4.39. The van der Waals surface area contributed by atoms with E-state index < -0.39 is 5.97 Å². The van der Waals surface area contributed by atoms with Gasteiger partial charge in [0.25, 0.3) is 6.47 Å². The molecule has 1 aliphatic heterocycles. The number of aliphatic carboxylic acids is 1. The topological polar surface area (TPSA) is 66.8 Å². The summed E-state index contributed by atoms with van der Waals surface area (Å²) in [7, 11) is 0. The van der Waals surface area contributed by atoms with Crippen LogP contribution in [0.3, 0.4) is 0 Å². The number of ether oxygens (including phenoxy) is 1. The quantitative estimate of drug-likeness (QED) is 0.632. The predicted molar refractivity (Wildman–Crippen MR) is 48.8 cm³/mol. The average molecular weight is 201 g/mol. The number of carbonyl (C=O) groups is 2. The average Bonchev–Trinajstić information content (AvgIpc) is 2.14. The van der Waals surface area contributed by atoms with Crippen molar-refractivity contribution in [1.82, 2.24) is 4.90 Å². The van der Waals surface area contributed by atoms with Crippen LogP contribution in [0.2, 0.25) is 0 Å². The molecule has 1 N–H and O–H groups in total. The minimum atomic E-state index is -0.804. The summed E-state index contributed by atoms with van der Waals surface area (Å²) >= 11 is 0. The second-order valence-corrected chi connectivity index (χ2v) is 3.57. The maximum absolute atomic E-state index is 10.5. The first-order valence-electron chi connectivity index (χ1n) is 4.71. The molecule has 1 rings (SSSR count). The van der Waals surface area contributed by atoms with Crippen molar-refractivity contribution in [3.8, 4) is 0 Å². The van der Waals surface area contributed by atoms with Crippen molar-refractivity contribution < 1.29 is 19.4 Å². The Morgan fingerprint density at radius 2 is 2.43 bits per heavy atom. The second kappa shape index (κ2) is 5.59. The van der Waals surface area contributed by atoms with Crippen LogP contribution in [0.1, 0.15) is 12.8 Å². The summed E-state index contributed by atoms with van der Waals surface area (Å²) in [6.07, 6.45) is 1.98. The van der Waals surface area contributed by atoms with Crippen LogP contribution in [0.4, 0.5) is 0 Å². The minimum absolute atomic E-state index is 0.0809. The smallest absolute Gasteiger partial charge is 0.317 e. The van der Waals surface area contributed by atoms with Crippen molar-refractivity contribution >= 4 is 12.4 Å². The lowest BCUT2D eigenvalue weighted by atomic mass is 9.99. The molecule has 0 radical (unpaired) electrons. The summed E-state index contributed by atoms with van der Waals surface area (Å²) in [5.41, 5.74) is 0. The highest BCUT2D eigenvalue weighted by atomic mass is 16.5. The Morgan fingerprint density at radius 1 is 1.64 bits per heavy atom. The zero-order valence-electron chi connectivity index (χ0n) is 8.02. The van der Waals surface area contributed by atoms with E-state index in [9.17, 15) is 9.59 Å². The number of likely N-dealkylation sites (tertiary alicyclic amines) is 1. The number of hydrogen-bond donors (Lipinski definition) is 1. The highest BCUT2D eigenvalue weighted by Gasteiger charge is 2.21. The normalized spacial score (nSPS) is 23.0. The molecule has 1 unspecified atom stereocenters. The number of carboxylic acids is 1. The lowest BCUT2D eigenvalue weighted by molar-refractivity contribution is -0.139. The van der Waals surface area contributed by atoms with Crippen LogP contribution in [0, 0.1) is 5.92 Å². The number of carboxylic acid groups (broad SMARTS) is 1. The van der Waals surface area contributed by atoms with Crippen LogP contribution in [-0.4, -0.2) is 48.7 Å². The number of rotatable bonds is 5. The molecule has 0 aromatic heterocycles. The first kappa shape index (κ1) is 11.0. The molecule has 0 aromatic carbocycles. The summed E-state index contributed by atoms with van der Waals surface area (Å²) in [5, 5.41) is 8.60. The van der Waals surface area contributed by atoms with E-state index in [0.717, 1.165) is 19.4 Å². The summed E-state index contributed by atoms with van der Waals surface area (Å²) in [6, 6.07) is 0. The molecular formula is C9H15NO4. The molecule has 14 heavy (non-hydrogen) atoms. The lowest BCUT2D eigenvalue weighted by Gasteiger charge is -2.30. The van der Waals surface area contributed by atoms with Gasteiger partial charge < -0.3 is 9.84 Å². The van der Waals surface area contributed by atoms with Crippen LogP contribution in [0.25, 0.3) is 0 Å². The van der Waals surface area contributed by atoms with Gasteiger partial charge in [0.2, 0.25) is 0 Å². The highest BCUT2D eigenvalue weighted by molar-refractivity contribution is 5.69. The Hall–Kier alpha value is -1.10. The van der Waals surface area contributed by atoms with Crippen LogP contribution in [-0.2, 0) is 14.3 Å². The summed E-state index contributed by atoms with van der Waals surface area (Å²) in [5.74, 6) is -0.518. The van der Waals surface area contributed by atoms with Gasteiger partial charge in [-0.05, 0) is 19.4 Å². The first-order chi connectivity index (χ1) is 6.72. The minimum Gasteiger partial charge on any atom is -0.480 e. The van der Waals surface area contributed by atoms with Crippen LogP contribution in [0.15, 0.2) is 0 Å². The zero-order valence-corrected chi connectivity index (χ0v) is 8.02. The SMILES string of the molecule is O=COCC1CCCN(CC(=O)O)C1. The highest BCUT2D eigenvalue weighted by Crippen LogP contribution is 2.15. The fourth-order valence-corrected chi connectivity index (χ4v) is 1.80. The molecule has 1 aliphatic rings. The summed E-state index contributed by atoms with van der Waals surface area (Å²) in [6.45, 7) is 2.46. The lowest BCUT2D eigenvalue weighted by Crippen LogP contribution is -2.40. The molecule has 0 saturated carbocycles. The molecule has 1 saturated heterocycles. The maximum Gasteiger partial charge on any atom is 0.317 e. The monoisotopic (exact) mass is 201 g/mol. The molecule has 0 spiro atoms. The molecule has 0 aromatic rings. The molecule has 0 bridgehead atoms. The van der Waals surface area contributed by atoms with Crippen molar-refractivity contribution in [1.29, 1.82) is 0 Å². The molecule has 0 aliphatic carbocycles.